The van der Waals surface area contributed by atoms with Gasteiger partial charge in [-0.25, -0.2) is 4.79 Å². The second-order valence-corrected chi connectivity index (χ2v) is 12.2. The van der Waals surface area contributed by atoms with Crippen LogP contribution in [0.1, 0.15) is 100 Å². The molecule has 0 aliphatic carbocycles. The summed E-state index contributed by atoms with van der Waals surface area (Å²) in [6.45, 7) is 20.7. The van der Waals surface area contributed by atoms with Crippen LogP contribution < -0.4 is 10.6 Å². The van der Waals surface area contributed by atoms with Gasteiger partial charge in [-0.3, -0.25) is 9.59 Å². The van der Waals surface area contributed by atoms with E-state index >= 15 is 0 Å². The van der Waals surface area contributed by atoms with E-state index in [1.807, 2.05) is 40.8 Å². The van der Waals surface area contributed by atoms with Crippen molar-refractivity contribution in [2.45, 2.75) is 79.8 Å². The molecule has 228 valence electrons. The Kier molecular flexibility index (Phi) is 11.6. The van der Waals surface area contributed by atoms with Crippen LogP contribution in [-0.2, 0) is 4.74 Å². The first-order valence-corrected chi connectivity index (χ1v) is 15.0. The number of hydrogen-bond donors (Lipinski definition) is 4. The average Bonchev–Trinajstić information content (AvgIpc) is 3.68. The van der Waals surface area contributed by atoms with E-state index in [1.54, 1.807) is 13.8 Å². The van der Waals surface area contributed by atoms with Crippen LogP contribution in [0.3, 0.4) is 0 Å². The minimum absolute atomic E-state index is 0.0421. The summed E-state index contributed by atoms with van der Waals surface area (Å²) in [7, 11) is 0. The molecule has 0 unspecified atom stereocenters. The zero-order valence-electron chi connectivity index (χ0n) is 26.1. The van der Waals surface area contributed by atoms with Crippen molar-refractivity contribution < 1.29 is 19.1 Å². The number of amides is 2. The van der Waals surface area contributed by atoms with Gasteiger partial charge in [0.2, 0.25) is 0 Å². The van der Waals surface area contributed by atoms with Gasteiger partial charge in [0.1, 0.15) is 11.3 Å². The predicted molar refractivity (Wildman–Crippen MR) is 162 cm³/mol. The molecule has 0 saturated carbocycles. The Morgan fingerprint density at radius 1 is 0.805 bits per heavy atom. The van der Waals surface area contributed by atoms with Gasteiger partial charge in [-0.05, 0) is 111 Å². The maximum Gasteiger partial charge on any atom is 0.355 e. The molecular weight excluding hydrogens is 520 g/mol. The summed E-state index contributed by atoms with van der Waals surface area (Å²) in [5.41, 5.74) is 4.41. The fourth-order valence-corrected chi connectivity index (χ4v) is 5.47. The van der Waals surface area contributed by atoms with Crippen molar-refractivity contribution in [2.75, 3.05) is 52.4 Å². The van der Waals surface area contributed by atoms with Crippen molar-refractivity contribution in [1.29, 1.82) is 0 Å². The number of carbonyl (C=O) groups is 3. The maximum atomic E-state index is 12.5. The van der Waals surface area contributed by atoms with Crippen LogP contribution in [0.5, 0.6) is 0 Å². The van der Waals surface area contributed by atoms with Crippen LogP contribution in [0.4, 0.5) is 0 Å². The standard InChI is InChI=1S/C18H29N3O3.C13H21N3O/c1-12-14(16(22)19-8-11-21-9-6-7-10-21)13(2)20-15(12)17(23)24-18(3,4)5;1-10-9-15-11(2)12(10)13(17)14-5-8-16-6-3-4-7-16/h20H,6-11H2,1-5H3,(H,19,22);9,15H,3-8H2,1-2H3,(H,14,17). The fourth-order valence-electron chi connectivity index (χ4n) is 5.47. The lowest BCUT2D eigenvalue weighted by atomic mass is 10.1. The molecule has 0 radical (unpaired) electrons. The Morgan fingerprint density at radius 3 is 1.73 bits per heavy atom. The van der Waals surface area contributed by atoms with Gasteiger partial charge in [-0.15, -0.1) is 0 Å². The molecule has 10 heteroatoms. The van der Waals surface area contributed by atoms with E-state index in [4.69, 9.17) is 4.74 Å². The molecule has 0 atom stereocenters. The normalized spacial score (nSPS) is 15.9. The molecule has 2 saturated heterocycles. The van der Waals surface area contributed by atoms with Gasteiger partial charge in [0, 0.05) is 43.8 Å². The molecule has 2 aliphatic rings. The van der Waals surface area contributed by atoms with E-state index in [2.05, 4.69) is 30.4 Å². The first kappa shape index (κ1) is 32.4. The van der Waals surface area contributed by atoms with Crippen molar-refractivity contribution in [3.05, 3.63) is 45.5 Å². The molecule has 4 N–H and O–H groups in total. The number of aryl methyl sites for hydroxylation is 3. The zero-order chi connectivity index (χ0) is 30.2. The summed E-state index contributed by atoms with van der Waals surface area (Å²) in [6, 6.07) is 0. The maximum absolute atomic E-state index is 12.5. The van der Waals surface area contributed by atoms with E-state index in [1.165, 1.54) is 38.8 Å². The SMILES string of the molecule is Cc1[nH]c(C(=O)OC(C)(C)C)c(C)c1C(=O)NCCN1CCCC1.Cc1c[nH]c(C)c1C(=O)NCCN1CCCC1. The predicted octanol–water partition coefficient (Wildman–Crippen LogP) is 3.87. The highest BCUT2D eigenvalue weighted by Crippen LogP contribution is 2.21. The lowest BCUT2D eigenvalue weighted by Crippen LogP contribution is -2.33. The first-order valence-electron chi connectivity index (χ1n) is 15.0. The van der Waals surface area contributed by atoms with Crippen molar-refractivity contribution in [1.82, 2.24) is 30.4 Å². The van der Waals surface area contributed by atoms with Crippen molar-refractivity contribution >= 4 is 17.8 Å². The monoisotopic (exact) mass is 570 g/mol. The van der Waals surface area contributed by atoms with Crippen LogP contribution in [0.15, 0.2) is 6.20 Å². The molecule has 2 aromatic rings. The zero-order valence-corrected chi connectivity index (χ0v) is 26.1. The molecule has 0 bridgehead atoms. The quantitative estimate of drug-likeness (QED) is 0.340. The number of nitrogens with zero attached hydrogens (tertiary/aromatic N) is 2. The Bertz CT molecular complexity index is 1160. The van der Waals surface area contributed by atoms with Crippen LogP contribution >= 0.6 is 0 Å². The number of ether oxygens (including phenoxy) is 1. The number of likely N-dealkylation sites (tertiary alicyclic amines) is 2. The van der Waals surface area contributed by atoms with Crippen molar-refractivity contribution in [3.63, 3.8) is 0 Å². The third-order valence-corrected chi connectivity index (χ3v) is 7.59. The Labute approximate surface area is 245 Å². The molecule has 2 fully saturated rings. The van der Waals surface area contributed by atoms with Gasteiger partial charge in [-0.1, -0.05) is 0 Å². The number of aromatic nitrogens is 2. The second-order valence-electron chi connectivity index (χ2n) is 12.2. The number of aromatic amines is 2. The summed E-state index contributed by atoms with van der Waals surface area (Å²) in [5.74, 6) is -0.532. The topological polar surface area (TPSA) is 123 Å². The van der Waals surface area contributed by atoms with Gasteiger partial charge < -0.3 is 35.1 Å². The lowest BCUT2D eigenvalue weighted by molar-refractivity contribution is 0.00624. The molecular formula is C31H50N6O4. The van der Waals surface area contributed by atoms with Gasteiger partial charge in [0.25, 0.3) is 11.8 Å². The second kappa shape index (κ2) is 14.7. The van der Waals surface area contributed by atoms with Gasteiger partial charge in [0.05, 0.1) is 11.1 Å². The summed E-state index contributed by atoms with van der Waals surface area (Å²) in [5, 5.41) is 5.95. The molecule has 2 amide bonds. The molecule has 0 spiro atoms. The molecule has 2 aromatic heterocycles. The number of carbonyl (C=O) groups excluding carboxylic acids is 3. The Morgan fingerprint density at radius 2 is 1.29 bits per heavy atom. The summed E-state index contributed by atoms with van der Waals surface area (Å²) in [4.78, 5) is 47.5. The van der Waals surface area contributed by atoms with Gasteiger partial charge in [-0.2, -0.15) is 0 Å². The van der Waals surface area contributed by atoms with E-state index in [0.29, 0.717) is 29.1 Å². The van der Waals surface area contributed by atoms with E-state index in [0.717, 1.165) is 49.5 Å². The van der Waals surface area contributed by atoms with Crippen LogP contribution in [-0.4, -0.2) is 95.5 Å². The number of esters is 1. The van der Waals surface area contributed by atoms with Crippen molar-refractivity contribution in [3.8, 4) is 0 Å². The number of rotatable bonds is 9. The average molecular weight is 571 g/mol. The molecule has 4 rings (SSSR count). The van der Waals surface area contributed by atoms with E-state index in [9.17, 15) is 14.4 Å². The third kappa shape index (κ3) is 9.46. The van der Waals surface area contributed by atoms with E-state index < -0.39 is 11.6 Å². The highest BCUT2D eigenvalue weighted by atomic mass is 16.6. The van der Waals surface area contributed by atoms with Gasteiger partial charge >= 0.3 is 5.97 Å². The minimum atomic E-state index is -0.569. The molecule has 0 aromatic carbocycles. The van der Waals surface area contributed by atoms with Crippen LogP contribution in [0, 0.1) is 27.7 Å². The van der Waals surface area contributed by atoms with Crippen LogP contribution in [0.2, 0.25) is 0 Å². The van der Waals surface area contributed by atoms with E-state index in [-0.39, 0.29) is 11.8 Å². The highest BCUT2D eigenvalue weighted by molar-refractivity contribution is 6.01. The molecule has 10 nitrogen and oxygen atoms in total. The number of hydrogen-bond acceptors (Lipinski definition) is 6. The first-order chi connectivity index (χ1) is 19.4. The minimum Gasteiger partial charge on any atom is -0.455 e. The molecule has 2 aliphatic heterocycles. The number of H-pyrrole nitrogens is 2. The fraction of sp³-hybridized carbons (Fsp3) is 0.645. The molecule has 41 heavy (non-hydrogen) atoms. The van der Waals surface area contributed by atoms with Crippen LogP contribution in [0.25, 0.3) is 0 Å². The number of nitrogens with one attached hydrogen (secondary N) is 4. The summed E-state index contributed by atoms with van der Waals surface area (Å²) >= 11 is 0. The third-order valence-electron chi connectivity index (χ3n) is 7.59. The van der Waals surface area contributed by atoms with Gasteiger partial charge in [0.15, 0.2) is 0 Å². The van der Waals surface area contributed by atoms with Crippen molar-refractivity contribution in [2.24, 2.45) is 0 Å². The smallest absolute Gasteiger partial charge is 0.355 e. The molecule has 4 heterocycles. The summed E-state index contributed by atoms with van der Waals surface area (Å²) in [6.07, 6.45) is 6.95. The lowest BCUT2D eigenvalue weighted by Gasteiger charge is -2.19. The highest BCUT2D eigenvalue weighted by Gasteiger charge is 2.26. The summed E-state index contributed by atoms with van der Waals surface area (Å²) < 4.78 is 5.39. The largest absolute Gasteiger partial charge is 0.455 e. The Balaban J connectivity index is 0.000000239. The Hall–Kier alpha value is -3.11.